The van der Waals surface area contributed by atoms with Crippen molar-refractivity contribution in [2.75, 3.05) is 20.8 Å². The minimum Gasteiger partial charge on any atom is -0.497 e. The summed E-state index contributed by atoms with van der Waals surface area (Å²) in [5.41, 5.74) is -1.48. The molecule has 0 radical (unpaired) electrons. The molecule has 0 aliphatic carbocycles. The average molecular weight is 536 g/mol. The van der Waals surface area contributed by atoms with Gasteiger partial charge >= 0.3 is 13.5 Å². The fourth-order valence-electron chi connectivity index (χ4n) is 3.49. The first kappa shape index (κ1) is 26.5. The van der Waals surface area contributed by atoms with Gasteiger partial charge in [-0.3, -0.25) is 18.9 Å². The van der Waals surface area contributed by atoms with Gasteiger partial charge in [0.2, 0.25) is 0 Å². The van der Waals surface area contributed by atoms with Crippen LogP contribution < -0.4 is 29.8 Å². The Labute approximate surface area is 210 Å². The van der Waals surface area contributed by atoms with E-state index in [0.29, 0.717) is 11.5 Å². The van der Waals surface area contributed by atoms with Gasteiger partial charge in [0.15, 0.2) is 6.23 Å². The highest BCUT2D eigenvalue weighted by Crippen LogP contribution is 2.50. The second-order valence-corrected chi connectivity index (χ2v) is 9.36. The minimum absolute atomic E-state index is 0.142. The van der Waals surface area contributed by atoms with E-state index in [-0.39, 0.29) is 11.5 Å². The van der Waals surface area contributed by atoms with Crippen LogP contribution in [0.15, 0.2) is 70.4 Å². The van der Waals surface area contributed by atoms with Crippen molar-refractivity contribution in [1.82, 2.24) is 9.55 Å². The van der Waals surface area contributed by atoms with Crippen molar-refractivity contribution in [3.8, 4) is 23.0 Å². The average Bonchev–Trinajstić information content (AvgIpc) is 3.17. The van der Waals surface area contributed by atoms with E-state index in [0.717, 1.165) is 16.8 Å². The molecule has 4 rings (SSSR count). The second kappa shape index (κ2) is 11.2. The van der Waals surface area contributed by atoms with Crippen LogP contribution in [-0.2, 0) is 13.8 Å². The molecular weight excluding hydrogens is 511 g/mol. The van der Waals surface area contributed by atoms with E-state index in [2.05, 4.69) is 0 Å². The Balaban J connectivity index is 1.53. The molecule has 13 nitrogen and oxygen atoms in total. The molecule has 1 saturated heterocycles. The van der Waals surface area contributed by atoms with Crippen LogP contribution in [0.1, 0.15) is 6.23 Å². The number of aliphatic hydroxyl groups excluding tert-OH is 2. The van der Waals surface area contributed by atoms with Crippen molar-refractivity contribution in [3.05, 3.63) is 81.6 Å². The second-order valence-electron chi connectivity index (χ2n) is 7.84. The van der Waals surface area contributed by atoms with Gasteiger partial charge in [-0.05, 0) is 48.5 Å². The number of nitrogens with one attached hydrogen (secondary N) is 1. The summed E-state index contributed by atoms with van der Waals surface area (Å²) in [6, 6.07) is 13.4. The fourth-order valence-corrected chi connectivity index (χ4v) is 4.72. The molecule has 0 spiro atoms. The third kappa shape index (κ3) is 6.21. The van der Waals surface area contributed by atoms with Gasteiger partial charge in [0, 0.05) is 12.3 Å². The Kier molecular flexibility index (Phi) is 8.00. The van der Waals surface area contributed by atoms with Crippen LogP contribution in [0.3, 0.4) is 0 Å². The number of ether oxygens (including phenoxy) is 3. The molecule has 0 bridgehead atoms. The lowest BCUT2D eigenvalue weighted by Gasteiger charge is -2.22. The van der Waals surface area contributed by atoms with Gasteiger partial charge in [0.05, 0.1) is 20.8 Å². The highest BCUT2D eigenvalue weighted by Gasteiger charge is 2.46. The van der Waals surface area contributed by atoms with Crippen LogP contribution in [0.25, 0.3) is 0 Å². The van der Waals surface area contributed by atoms with E-state index in [9.17, 15) is 24.4 Å². The van der Waals surface area contributed by atoms with Crippen molar-refractivity contribution in [1.29, 1.82) is 0 Å². The number of hydrogen-bond acceptors (Lipinski definition) is 11. The lowest BCUT2D eigenvalue weighted by molar-refractivity contribution is -0.0538. The molecule has 14 heteroatoms. The molecule has 1 aliphatic heterocycles. The van der Waals surface area contributed by atoms with Crippen LogP contribution in [-0.4, -0.2) is 58.9 Å². The Morgan fingerprint density at radius 1 is 0.865 bits per heavy atom. The molecule has 1 aliphatic rings. The maximum absolute atomic E-state index is 13.6. The number of benzene rings is 2. The third-order valence-corrected chi connectivity index (χ3v) is 6.75. The zero-order valence-electron chi connectivity index (χ0n) is 19.8. The number of phosphoric acid groups is 1. The number of nitrogens with zero attached hydrogens (tertiary/aromatic N) is 1. The summed E-state index contributed by atoms with van der Waals surface area (Å²) in [7, 11) is -1.40. The van der Waals surface area contributed by atoms with Crippen LogP contribution in [0.2, 0.25) is 0 Å². The summed E-state index contributed by atoms with van der Waals surface area (Å²) >= 11 is 0. The van der Waals surface area contributed by atoms with E-state index in [1.807, 2.05) is 4.98 Å². The summed E-state index contributed by atoms with van der Waals surface area (Å²) in [6.07, 6.45) is -4.53. The van der Waals surface area contributed by atoms with E-state index in [1.54, 1.807) is 24.3 Å². The largest absolute Gasteiger partial charge is 0.587 e. The van der Waals surface area contributed by atoms with Gasteiger partial charge in [-0.25, -0.2) is 9.36 Å². The van der Waals surface area contributed by atoms with E-state index in [4.69, 9.17) is 27.8 Å². The van der Waals surface area contributed by atoms with E-state index < -0.39 is 50.2 Å². The van der Waals surface area contributed by atoms with Gasteiger partial charge in [-0.15, -0.1) is 0 Å². The van der Waals surface area contributed by atoms with Crippen LogP contribution in [0.4, 0.5) is 0 Å². The summed E-state index contributed by atoms with van der Waals surface area (Å²) in [5.74, 6) is 1.37. The van der Waals surface area contributed by atoms with Gasteiger partial charge < -0.3 is 33.5 Å². The topological polar surface area (TPSA) is 168 Å². The molecule has 2 aromatic carbocycles. The molecule has 0 saturated carbocycles. The molecule has 198 valence electrons. The maximum Gasteiger partial charge on any atom is 0.587 e. The van der Waals surface area contributed by atoms with Crippen molar-refractivity contribution in [2.45, 2.75) is 24.5 Å². The van der Waals surface area contributed by atoms with Gasteiger partial charge in [-0.2, -0.15) is 0 Å². The predicted octanol–water partition coefficient (Wildman–Crippen LogP) is 1.46. The normalized spacial score (nSPS) is 21.4. The minimum atomic E-state index is -4.39. The molecular formula is C23H25N2O11P. The van der Waals surface area contributed by atoms with Gasteiger partial charge in [-0.1, -0.05) is 0 Å². The molecule has 0 amide bonds. The zero-order valence-corrected chi connectivity index (χ0v) is 20.6. The molecule has 0 unspecified atom stereocenters. The van der Waals surface area contributed by atoms with Crippen LogP contribution >= 0.6 is 7.82 Å². The molecule has 1 aromatic heterocycles. The van der Waals surface area contributed by atoms with Gasteiger partial charge in [0.1, 0.15) is 41.3 Å². The molecule has 4 atom stereocenters. The number of phosphoric ester groups is 1. The highest BCUT2D eigenvalue weighted by molar-refractivity contribution is 7.49. The summed E-state index contributed by atoms with van der Waals surface area (Å²) in [5, 5.41) is 20.9. The number of methoxy groups -OCH3 is 2. The fraction of sp³-hybridized carbons (Fsp3) is 0.304. The van der Waals surface area contributed by atoms with Crippen LogP contribution in [0.5, 0.6) is 23.0 Å². The Hall–Kier alpha value is -3.61. The smallest absolute Gasteiger partial charge is 0.497 e. The van der Waals surface area contributed by atoms with E-state index in [1.165, 1.54) is 38.5 Å². The number of aliphatic hydroxyl groups is 2. The SMILES string of the molecule is COc1ccc(OP(=O)(OC[C@H]2O[C@@H](n3ccc(=O)[nH]c3=O)[C@H](O)[C@@H]2O)Oc2ccc(OC)cc2)cc1. The quantitative estimate of drug-likeness (QED) is 0.321. The number of aromatic amines is 1. The Bertz CT molecular complexity index is 1300. The monoisotopic (exact) mass is 536 g/mol. The molecule has 3 aromatic rings. The summed E-state index contributed by atoms with van der Waals surface area (Å²) in [4.78, 5) is 25.5. The molecule has 3 N–H and O–H groups in total. The molecule has 1 fully saturated rings. The maximum atomic E-state index is 13.6. The first-order chi connectivity index (χ1) is 17.7. The standard InChI is InChI=1S/C23H25N2O11P/c1-31-14-3-7-16(8-4-14)35-37(30,36-17-9-5-15(32-2)6-10-17)33-13-18-20(27)21(28)22(34-18)25-12-11-19(26)24-23(25)29/h3-12,18,20-22,27-28H,13H2,1-2H3,(H,24,26,29)/t18-,20-,21-,22-/m1/s1. The van der Waals surface area contributed by atoms with E-state index >= 15 is 0 Å². The summed E-state index contributed by atoms with van der Waals surface area (Å²) < 4.78 is 47.0. The zero-order chi connectivity index (χ0) is 26.6. The predicted molar refractivity (Wildman–Crippen MR) is 128 cm³/mol. The summed E-state index contributed by atoms with van der Waals surface area (Å²) in [6.45, 7) is -0.545. The first-order valence-corrected chi connectivity index (χ1v) is 12.4. The van der Waals surface area contributed by atoms with Crippen molar-refractivity contribution in [2.24, 2.45) is 0 Å². The Morgan fingerprint density at radius 3 is 1.86 bits per heavy atom. The van der Waals surface area contributed by atoms with Crippen LogP contribution in [0, 0.1) is 0 Å². The lowest BCUT2D eigenvalue weighted by atomic mass is 10.1. The lowest BCUT2D eigenvalue weighted by Crippen LogP contribution is -2.37. The van der Waals surface area contributed by atoms with Crippen molar-refractivity contribution in [3.63, 3.8) is 0 Å². The molecule has 2 heterocycles. The van der Waals surface area contributed by atoms with Crippen molar-refractivity contribution < 1.29 is 42.6 Å². The highest BCUT2D eigenvalue weighted by atomic mass is 31.2. The number of hydrogen-bond donors (Lipinski definition) is 3. The third-order valence-electron chi connectivity index (χ3n) is 5.41. The first-order valence-electron chi connectivity index (χ1n) is 11.0. The van der Waals surface area contributed by atoms with Crippen molar-refractivity contribution >= 4 is 7.82 Å². The number of rotatable bonds is 10. The molecule has 37 heavy (non-hydrogen) atoms. The number of H-pyrrole nitrogens is 1. The Morgan fingerprint density at radius 2 is 1.38 bits per heavy atom. The van der Waals surface area contributed by atoms with Gasteiger partial charge in [0.25, 0.3) is 5.56 Å². The number of aromatic nitrogens is 2.